The molecule has 0 unspecified atom stereocenters. The van der Waals surface area contributed by atoms with Gasteiger partial charge in [-0.2, -0.15) is 0 Å². The van der Waals surface area contributed by atoms with Crippen LogP contribution in [0.25, 0.3) is 0 Å². The maximum absolute atomic E-state index is 10.4. The van der Waals surface area contributed by atoms with E-state index in [9.17, 15) is 10.1 Å². The van der Waals surface area contributed by atoms with Crippen LogP contribution >= 0.6 is 12.4 Å². The molecule has 8 heteroatoms. The first-order chi connectivity index (χ1) is 7.27. The maximum atomic E-state index is 10.4. The van der Waals surface area contributed by atoms with Gasteiger partial charge in [0, 0.05) is 26.2 Å². The van der Waals surface area contributed by atoms with Crippen molar-refractivity contribution in [2.45, 2.75) is 0 Å². The Morgan fingerprint density at radius 2 is 1.88 bits per heavy atom. The highest BCUT2D eigenvalue weighted by Gasteiger charge is 2.14. The zero-order valence-electron chi connectivity index (χ0n) is 8.50. The van der Waals surface area contributed by atoms with Gasteiger partial charge in [0.05, 0.1) is 4.92 Å². The Morgan fingerprint density at radius 1 is 1.31 bits per heavy atom. The molecule has 0 spiro atoms. The van der Waals surface area contributed by atoms with E-state index < -0.39 is 4.92 Å². The van der Waals surface area contributed by atoms with Gasteiger partial charge in [0.15, 0.2) is 0 Å². The fourth-order valence-corrected chi connectivity index (χ4v) is 1.44. The first-order valence-electron chi connectivity index (χ1n) is 4.69. The molecule has 1 aliphatic rings. The molecule has 2 rings (SSSR count). The van der Waals surface area contributed by atoms with E-state index in [1.807, 2.05) is 4.90 Å². The van der Waals surface area contributed by atoms with Crippen LogP contribution in [0.1, 0.15) is 0 Å². The van der Waals surface area contributed by atoms with Gasteiger partial charge in [0.1, 0.15) is 12.4 Å². The molecule has 1 fully saturated rings. The van der Waals surface area contributed by atoms with Gasteiger partial charge in [-0.25, -0.2) is 9.97 Å². The third-order valence-corrected chi connectivity index (χ3v) is 2.24. The summed E-state index contributed by atoms with van der Waals surface area (Å²) in [6.07, 6.45) is 2.48. The van der Waals surface area contributed by atoms with E-state index in [0.717, 1.165) is 26.2 Å². The average Bonchev–Trinajstić information content (AvgIpc) is 2.30. The van der Waals surface area contributed by atoms with Crippen molar-refractivity contribution in [1.29, 1.82) is 0 Å². The van der Waals surface area contributed by atoms with Crippen molar-refractivity contribution in [3.8, 4) is 0 Å². The SMILES string of the molecule is Cl.O=[N+]([O-])c1cnc(N2CCNCC2)nc1. The summed E-state index contributed by atoms with van der Waals surface area (Å²) in [5.74, 6) is 0.558. The van der Waals surface area contributed by atoms with Crippen molar-refractivity contribution in [3.05, 3.63) is 22.5 Å². The zero-order valence-corrected chi connectivity index (χ0v) is 9.31. The number of hydrogen-bond donors (Lipinski definition) is 1. The number of halogens is 1. The summed E-state index contributed by atoms with van der Waals surface area (Å²) in [6, 6.07) is 0. The smallest absolute Gasteiger partial charge is 0.305 e. The summed E-state index contributed by atoms with van der Waals surface area (Å²) < 4.78 is 0. The second-order valence-corrected chi connectivity index (χ2v) is 3.24. The molecule has 0 aromatic carbocycles. The molecule has 88 valence electrons. The number of aromatic nitrogens is 2. The van der Waals surface area contributed by atoms with E-state index in [1.54, 1.807) is 0 Å². The summed E-state index contributed by atoms with van der Waals surface area (Å²) >= 11 is 0. The van der Waals surface area contributed by atoms with Gasteiger partial charge in [-0.15, -0.1) is 12.4 Å². The van der Waals surface area contributed by atoms with Crippen molar-refractivity contribution in [2.75, 3.05) is 31.1 Å². The normalized spacial score (nSPS) is 15.4. The highest BCUT2D eigenvalue weighted by molar-refractivity contribution is 5.85. The predicted octanol–water partition coefficient (Wildman–Crippen LogP) is 0.216. The summed E-state index contributed by atoms with van der Waals surface area (Å²) in [4.78, 5) is 19.8. The molecule has 1 aromatic heterocycles. The Balaban J connectivity index is 0.00000128. The molecular weight excluding hydrogens is 234 g/mol. The minimum atomic E-state index is -0.498. The highest BCUT2D eigenvalue weighted by Crippen LogP contribution is 2.11. The fraction of sp³-hybridized carbons (Fsp3) is 0.500. The van der Waals surface area contributed by atoms with Crippen molar-refractivity contribution in [2.24, 2.45) is 0 Å². The minimum Gasteiger partial charge on any atom is -0.338 e. The first kappa shape index (κ1) is 12.6. The molecule has 1 aromatic rings. The Labute approximate surface area is 98.4 Å². The van der Waals surface area contributed by atoms with Gasteiger partial charge in [0.2, 0.25) is 5.95 Å². The lowest BCUT2D eigenvalue weighted by atomic mass is 10.4. The van der Waals surface area contributed by atoms with E-state index in [-0.39, 0.29) is 18.1 Å². The van der Waals surface area contributed by atoms with Crippen molar-refractivity contribution >= 4 is 24.0 Å². The molecule has 0 saturated carbocycles. The molecule has 0 radical (unpaired) electrons. The van der Waals surface area contributed by atoms with Crippen molar-refractivity contribution < 1.29 is 4.92 Å². The van der Waals surface area contributed by atoms with Crippen LogP contribution in [-0.4, -0.2) is 41.1 Å². The second kappa shape index (κ2) is 5.57. The van der Waals surface area contributed by atoms with Gasteiger partial charge in [0.25, 0.3) is 0 Å². The molecule has 1 aliphatic heterocycles. The van der Waals surface area contributed by atoms with Crippen LogP contribution in [0.15, 0.2) is 12.4 Å². The molecule has 2 heterocycles. The lowest BCUT2D eigenvalue weighted by Crippen LogP contribution is -2.44. The van der Waals surface area contributed by atoms with Gasteiger partial charge >= 0.3 is 5.69 Å². The molecular formula is C8H12ClN5O2. The highest BCUT2D eigenvalue weighted by atomic mass is 35.5. The number of nitrogens with zero attached hydrogens (tertiary/aromatic N) is 4. The lowest BCUT2D eigenvalue weighted by molar-refractivity contribution is -0.385. The molecule has 0 atom stereocenters. The number of rotatable bonds is 2. The van der Waals surface area contributed by atoms with E-state index in [2.05, 4.69) is 15.3 Å². The van der Waals surface area contributed by atoms with Crippen LogP contribution < -0.4 is 10.2 Å². The van der Waals surface area contributed by atoms with Crippen LogP contribution in [-0.2, 0) is 0 Å². The maximum Gasteiger partial charge on any atom is 0.305 e. The molecule has 0 amide bonds. The number of nitrogens with one attached hydrogen (secondary N) is 1. The van der Waals surface area contributed by atoms with Gasteiger partial charge < -0.3 is 10.2 Å². The second-order valence-electron chi connectivity index (χ2n) is 3.24. The van der Waals surface area contributed by atoms with Gasteiger partial charge in [-0.05, 0) is 0 Å². The van der Waals surface area contributed by atoms with E-state index in [1.165, 1.54) is 12.4 Å². The lowest BCUT2D eigenvalue weighted by Gasteiger charge is -2.26. The summed E-state index contributed by atoms with van der Waals surface area (Å²) in [5.41, 5.74) is -0.0751. The number of hydrogen-bond acceptors (Lipinski definition) is 6. The van der Waals surface area contributed by atoms with Crippen LogP contribution in [0.2, 0.25) is 0 Å². The van der Waals surface area contributed by atoms with Gasteiger partial charge in [-0.1, -0.05) is 0 Å². The van der Waals surface area contributed by atoms with E-state index in [4.69, 9.17) is 0 Å². The molecule has 0 bridgehead atoms. The number of nitro groups is 1. The summed E-state index contributed by atoms with van der Waals surface area (Å²) in [6.45, 7) is 3.44. The third kappa shape index (κ3) is 2.77. The molecule has 1 saturated heterocycles. The fourth-order valence-electron chi connectivity index (χ4n) is 1.44. The minimum absolute atomic E-state index is 0. The van der Waals surface area contributed by atoms with Crippen LogP contribution in [0.3, 0.4) is 0 Å². The summed E-state index contributed by atoms with van der Waals surface area (Å²) in [5, 5.41) is 13.6. The Hall–Kier alpha value is -1.47. The largest absolute Gasteiger partial charge is 0.338 e. The van der Waals surface area contributed by atoms with Gasteiger partial charge in [-0.3, -0.25) is 10.1 Å². The summed E-state index contributed by atoms with van der Waals surface area (Å²) in [7, 11) is 0. The molecule has 0 aliphatic carbocycles. The Morgan fingerprint density at radius 3 is 2.38 bits per heavy atom. The zero-order chi connectivity index (χ0) is 10.7. The Kier molecular flexibility index (Phi) is 4.39. The number of anilines is 1. The van der Waals surface area contributed by atoms with Crippen molar-refractivity contribution in [3.63, 3.8) is 0 Å². The molecule has 1 N–H and O–H groups in total. The first-order valence-corrected chi connectivity index (χ1v) is 4.69. The molecule has 16 heavy (non-hydrogen) atoms. The Bertz CT molecular complexity index is 352. The third-order valence-electron chi connectivity index (χ3n) is 2.24. The van der Waals surface area contributed by atoms with Crippen molar-refractivity contribution in [1.82, 2.24) is 15.3 Å². The van der Waals surface area contributed by atoms with Crippen LogP contribution in [0, 0.1) is 10.1 Å². The quantitative estimate of drug-likeness (QED) is 0.593. The average molecular weight is 246 g/mol. The van der Waals surface area contributed by atoms with Crippen LogP contribution in [0.4, 0.5) is 11.6 Å². The monoisotopic (exact) mass is 245 g/mol. The number of piperazine rings is 1. The van der Waals surface area contributed by atoms with E-state index in [0.29, 0.717) is 5.95 Å². The predicted molar refractivity (Wildman–Crippen MR) is 61.0 cm³/mol. The van der Waals surface area contributed by atoms with Crippen LogP contribution in [0.5, 0.6) is 0 Å². The topological polar surface area (TPSA) is 84.2 Å². The molecule has 7 nitrogen and oxygen atoms in total. The van der Waals surface area contributed by atoms with E-state index >= 15 is 0 Å². The standard InChI is InChI=1S/C8H11N5O2.ClH/c14-13(15)7-5-10-8(11-6-7)12-3-1-9-2-4-12;/h5-6,9H,1-4H2;1H.